The Labute approximate surface area is 121 Å². The number of aryl methyl sites for hydroxylation is 1. The molecule has 5 nitrogen and oxygen atoms in total. The number of anilines is 2. The summed E-state index contributed by atoms with van der Waals surface area (Å²) in [4.78, 5) is 12.2. The molecule has 0 spiro atoms. The zero-order valence-electron chi connectivity index (χ0n) is 11.0. The van der Waals surface area contributed by atoms with Crippen molar-refractivity contribution in [1.82, 2.24) is 10.2 Å². The summed E-state index contributed by atoms with van der Waals surface area (Å²) in [6, 6.07) is 5.35. The lowest BCUT2D eigenvalue weighted by molar-refractivity contribution is 0.102. The molecule has 20 heavy (non-hydrogen) atoms. The van der Waals surface area contributed by atoms with Gasteiger partial charge in [-0.25, -0.2) is 0 Å². The zero-order chi connectivity index (χ0) is 14.3. The summed E-state index contributed by atoms with van der Waals surface area (Å²) >= 11 is 6.03. The number of rotatable bonds is 3. The fraction of sp³-hybridized carbons (Fsp3) is 0.286. The molecule has 0 saturated heterocycles. The van der Waals surface area contributed by atoms with Gasteiger partial charge in [-0.15, -0.1) is 0 Å². The van der Waals surface area contributed by atoms with Crippen LogP contribution in [0.15, 0.2) is 18.2 Å². The normalized spacial score (nSPS) is 14.3. The van der Waals surface area contributed by atoms with Crippen molar-refractivity contribution in [3.63, 3.8) is 0 Å². The average molecular weight is 291 g/mol. The number of amides is 1. The topological polar surface area (TPSA) is 83.8 Å². The van der Waals surface area contributed by atoms with Gasteiger partial charge < -0.3 is 11.1 Å². The molecule has 2 aromatic rings. The second-order valence-corrected chi connectivity index (χ2v) is 5.50. The summed E-state index contributed by atoms with van der Waals surface area (Å²) in [6.07, 6.45) is 2.20. The molecule has 1 saturated carbocycles. The van der Waals surface area contributed by atoms with E-state index < -0.39 is 0 Å². The van der Waals surface area contributed by atoms with Crippen molar-refractivity contribution in [2.75, 3.05) is 11.1 Å². The molecular formula is C14H15ClN4O. The van der Waals surface area contributed by atoms with Crippen LogP contribution >= 0.6 is 11.6 Å². The highest BCUT2D eigenvalue weighted by Crippen LogP contribution is 2.42. The molecule has 104 valence electrons. The molecule has 1 aliphatic carbocycles. The van der Waals surface area contributed by atoms with Crippen LogP contribution in [0.1, 0.15) is 40.5 Å². The maximum Gasteiger partial charge on any atom is 0.278 e. The molecule has 1 aromatic carbocycles. The maximum atomic E-state index is 12.2. The van der Waals surface area contributed by atoms with E-state index in [9.17, 15) is 4.79 Å². The number of carbonyl (C=O) groups is 1. The van der Waals surface area contributed by atoms with Crippen molar-refractivity contribution in [2.45, 2.75) is 25.7 Å². The lowest BCUT2D eigenvalue weighted by Gasteiger charge is -2.06. The zero-order valence-corrected chi connectivity index (χ0v) is 11.8. The van der Waals surface area contributed by atoms with Gasteiger partial charge in [-0.2, -0.15) is 5.10 Å². The van der Waals surface area contributed by atoms with Gasteiger partial charge in [-0.3, -0.25) is 9.89 Å². The predicted octanol–water partition coefficient (Wildman–Crippen LogP) is 3.08. The van der Waals surface area contributed by atoms with Gasteiger partial charge in [0.2, 0.25) is 0 Å². The van der Waals surface area contributed by atoms with Crippen molar-refractivity contribution >= 4 is 28.9 Å². The van der Waals surface area contributed by atoms with Crippen LogP contribution in [0, 0.1) is 6.92 Å². The molecule has 1 aliphatic rings. The first-order valence-electron chi connectivity index (χ1n) is 6.47. The molecule has 1 amide bonds. The van der Waals surface area contributed by atoms with E-state index in [0.717, 1.165) is 24.1 Å². The second-order valence-electron chi connectivity index (χ2n) is 5.09. The molecule has 3 rings (SSSR count). The molecule has 4 N–H and O–H groups in total. The third-order valence-electron chi connectivity index (χ3n) is 3.46. The van der Waals surface area contributed by atoms with Crippen molar-refractivity contribution in [2.24, 2.45) is 0 Å². The molecule has 0 unspecified atom stereocenters. The van der Waals surface area contributed by atoms with Crippen LogP contribution in [0.5, 0.6) is 0 Å². The molecular weight excluding hydrogens is 276 g/mol. The third-order valence-corrected chi connectivity index (χ3v) is 3.87. The van der Waals surface area contributed by atoms with Gasteiger partial charge in [0, 0.05) is 16.6 Å². The fourth-order valence-corrected chi connectivity index (χ4v) is 2.26. The Morgan fingerprint density at radius 1 is 1.50 bits per heavy atom. The molecule has 0 bridgehead atoms. The monoisotopic (exact) mass is 290 g/mol. The summed E-state index contributed by atoms with van der Waals surface area (Å²) in [7, 11) is 0. The van der Waals surface area contributed by atoms with E-state index in [1.807, 2.05) is 13.0 Å². The lowest BCUT2D eigenvalue weighted by Crippen LogP contribution is -2.14. The molecule has 0 atom stereocenters. The first-order chi connectivity index (χ1) is 9.56. The minimum atomic E-state index is -0.328. The number of nitrogen functional groups attached to an aromatic ring is 1. The van der Waals surface area contributed by atoms with Crippen molar-refractivity contribution < 1.29 is 4.79 Å². The van der Waals surface area contributed by atoms with E-state index in [4.69, 9.17) is 17.3 Å². The van der Waals surface area contributed by atoms with Crippen molar-refractivity contribution in [3.8, 4) is 0 Å². The number of nitrogens with zero attached hydrogens (tertiary/aromatic N) is 1. The molecule has 1 heterocycles. The molecule has 1 aromatic heterocycles. The van der Waals surface area contributed by atoms with Gasteiger partial charge >= 0.3 is 0 Å². The molecule has 6 heteroatoms. The highest BCUT2D eigenvalue weighted by atomic mass is 35.5. The highest BCUT2D eigenvalue weighted by Gasteiger charge is 2.30. The highest BCUT2D eigenvalue weighted by molar-refractivity contribution is 6.31. The van der Waals surface area contributed by atoms with Crippen LogP contribution in [0.4, 0.5) is 11.4 Å². The van der Waals surface area contributed by atoms with Crippen LogP contribution < -0.4 is 11.1 Å². The van der Waals surface area contributed by atoms with Gasteiger partial charge in [0.05, 0.1) is 11.4 Å². The number of benzene rings is 1. The fourth-order valence-electron chi connectivity index (χ4n) is 2.08. The SMILES string of the molecule is Cc1ccc(NC(=O)c2n[nH]c(C3CC3)c2N)cc1Cl. The average Bonchev–Trinajstić information content (AvgIpc) is 3.17. The number of hydrogen-bond acceptors (Lipinski definition) is 3. The number of halogens is 1. The van der Waals surface area contributed by atoms with Crippen LogP contribution in [-0.2, 0) is 0 Å². The van der Waals surface area contributed by atoms with Gasteiger partial charge in [0.25, 0.3) is 5.91 Å². The summed E-state index contributed by atoms with van der Waals surface area (Å²) < 4.78 is 0. The Kier molecular flexibility index (Phi) is 3.14. The van der Waals surface area contributed by atoms with Crippen LogP contribution in [0.3, 0.4) is 0 Å². The van der Waals surface area contributed by atoms with Crippen molar-refractivity contribution in [1.29, 1.82) is 0 Å². The number of H-pyrrole nitrogens is 1. The molecule has 0 aliphatic heterocycles. The van der Waals surface area contributed by atoms with Gasteiger partial charge in [-0.1, -0.05) is 17.7 Å². The Hall–Kier alpha value is -2.01. The van der Waals surface area contributed by atoms with E-state index in [-0.39, 0.29) is 11.6 Å². The maximum absolute atomic E-state index is 12.2. The Morgan fingerprint density at radius 2 is 2.25 bits per heavy atom. The number of aromatic nitrogens is 2. The number of nitrogens with two attached hydrogens (primary N) is 1. The van der Waals surface area contributed by atoms with Crippen LogP contribution in [0.2, 0.25) is 5.02 Å². The minimum Gasteiger partial charge on any atom is -0.395 e. The molecule has 0 radical (unpaired) electrons. The number of carbonyl (C=O) groups excluding carboxylic acids is 1. The number of nitrogens with one attached hydrogen (secondary N) is 2. The predicted molar refractivity (Wildman–Crippen MR) is 79.1 cm³/mol. The first kappa shape index (κ1) is 13.0. The minimum absolute atomic E-state index is 0.239. The summed E-state index contributed by atoms with van der Waals surface area (Å²) in [5.74, 6) is 0.100. The Morgan fingerprint density at radius 3 is 2.90 bits per heavy atom. The summed E-state index contributed by atoms with van der Waals surface area (Å²) in [5, 5.41) is 10.2. The van der Waals surface area contributed by atoms with E-state index in [2.05, 4.69) is 15.5 Å². The van der Waals surface area contributed by atoms with E-state index in [1.165, 1.54) is 0 Å². The standard InChI is InChI=1S/C14H15ClN4O/c1-7-2-5-9(6-10(7)15)17-14(20)13-11(16)12(18-19-13)8-3-4-8/h2,5-6,8H,3-4,16H2,1H3,(H,17,20)(H,18,19). The lowest BCUT2D eigenvalue weighted by atomic mass is 10.2. The quantitative estimate of drug-likeness (QED) is 0.812. The van der Waals surface area contributed by atoms with Crippen molar-refractivity contribution in [3.05, 3.63) is 40.2 Å². The Bertz CT molecular complexity index is 676. The summed E-state index contributed by atoms with van der Waals surface area (Å²) in [5.41, 5.74) is 9.12. The van der Waals surface area contributed by atoms with Crippen LogP contribution in [0.25, 0.3) is 0 Å². The molecule has 1 fully saturated rings. The first-order valence-corrected chi connectivity index (χ1v) is 6.85. The van der Waals surface area contributed by atoms with E-state index >= 15 is 0 Å². The summed E-state index contributed by atoms with van der Waals surface area (Å²) in [6.45, 7) is 1.90. The third kappa shape index (κ3) is 2.36. The largest absolute Gasteiger partial charge is 0.395 e. The number of hydrogen-bond donors (Lipinski definition) is 3. The smallest absolute Gasteiger partial charge is 0.278 e. The second kappa shape index (κ2) is 4.83. The van der Waals surface area contributed by atoms with E-state index in [1.54, 1.807) is 12.1 Å². The van der Waals surface area contributed by atoms with Crippen LogP contribution in [-0.4, -0.2) is 16.1 Å². The van der Waals surface area contributed by atoms with Gasteiger partial charge in [0.15, 0.2) is 5.69 Å². The number of aromatic amines is 1. The van der Waals surface area contributed by atoms with E-state index in [0.29, 0.717) is 22.3 Å². The Balaban J connectivity index is 1.80. The van der Waals surface area contributed by atoms with Gasteiger partial charge in [0.1, 0.15) is 0 Å². The van der Waals surface area contributed by atoms with Gasteiger partial charge in [-0.05, 0) is 37.5 Å².